The van der Waals surface area contributed by atoms with E-state index in [1.807, 2.05) is 24.3 Å². The van der Waals surface area contributed by atoms with Crippen LogP contribution in [-0.4, -0.2) is 0 Å². The molecule has 0 bridgehead atoms. The first-order chi connectivity index (χ1) is 14.7. The van der Waals surface area contributed by atoms with E-state index in [0.29, 0.717) is 0 Å². The van der Waals surface area contributed by atoms with Crippen molar-refractivity contribution >= 4 is 11.6 Å². The first kappa shape index (κ1) is 21.3. The molecule has 2 aliphatic carbocycles. The zero-order valence-electron chi connectivity index (χ0n) is 18.1. The first-order valence-electron chi connectivity index (χ1n) is 11.7. The van der Waals surface area contributed by atoms with Crippen LogP contribution >= 0.6 is 11.6 Å². The average molecular weight is 417 g/mol. The number of fused-ring (bicyclic) bond motifs is 1. The van der Waals surface area contributed by atoms with Gasteiger partial charge in [0.25, 0.3) is 0 Å². The smallest absolute Gasteiger partial charge is 0.0406 e. The Bertz CT molecular complexity index is 894. The topological polar surface area (TPSA) is 0 Å². The van der Waals surface area contributed by atoms with E-state index in [1.165, 1.54) is 56.9 Å². The molecule has 4 rings (SSSR count). The van der Waals surface area contributed by atoms with Crippen molar-refractivity contribution in [2.45, 2.75) is 64.2 Å². The summed E-state index contributed by atoms with van der Waals surface area (Å²) >= 11 is 5.94. The second-order valence-corrected chi connectivity index (χ2v) is 9.67. The normalized spacial score (nSPS) is 26.1. The number of benzene rings is 2. The molecule has 156 valence electrons. The maximum Gasteiger partial charge on any atom is 0.0406 e. The van der Waals surface area contributed by atoms with E-state index < -0.39 is 0 Å². The predicted octanol–water partition coefficient (Wildman–Crippen LogP) is 8.40. The highest BCUT2D eigenvalue weighted by Gasteiger charge is 2.35. The molecule has 0 spiro atoms. The monoisotopic (exact) mass is 416 g/mol. The van der Waals surface area contributed by atoms with Crippen molar-refractivity contribution < 1.29 is 0 Å². The molecule has 0 saturated heterocycles. The summed E-state index contributed by atoms with van der Waals surface area (Å²) in [6, 6.07) is 16.8. The minimum absolute atomic E-state index is 0.740. The van der Waals surface area contributed by atoms with Crippen LogP contribution in [0.1, 0.15) is 80.9 Å². The zero-order chi connectivity index (χ0) is 20.8. The lowest BCUT2D eigenvalue weighted by Crippen LogP contribution is -2.30. The van der Waals surface area contributed by atoms with Gasteiger partial charge in [0.05, 0.1) is 0 Å². The fourth-order valence-electron chi connectivity index (χ4n) is 5.57. The molecular weight excluding hydrogens is 384 g/mol. The molecule has 2 aliphatic rings. The van der Waals surface area contributed by atoms with Crippen molar-refractivity contribution in [2.75, 3.05) is 0 Å². The van der Waals surface area contributed by atoms with Crippen molar-refractivity contribution in [3.05, 3.63) is 82.4 Å². The summed E-state index contributed by atoms with van der Waals surface area (Å²) in [6.07, 6.45) is 15.8. The summed E-state index contributed by atoms with van der Waals surface area (Å²) in [4.78, 5) is 0. The van der Waals surface area contributed by atoms with Gasteiger partial charge >= 0.3 is 0 Å². The van der Waals surface area contributed by atoms with Gasteiger partial charge in [0.2, 0.25) is 0 Å². The van der Waals surface area contributed by atoms with Crippen LogP contribution in [0.3, 0.4) is 0 Å². The lowest BCUT2D eigenvalue weighted by atomic mass is 9.63. The Hall–Kier alpha value is -1.97. The van der Waals surface area contributed by atoms with E-state index in [9.17, 15) is 0 Å². The zero-order valence-corrected chi connectivity index (χ0v) is 18.9. The lowest BCUT2D eigenvalue weighted by Gasteiger charge is -2.42. The van der Waals surface area contributed by atoms with Gasteiger partial charge in [-0.05, 0) is 118 Å². The molecule has 2 saturated carbocycles. The summed E-state index contributed by atoms with van der Waals surface area (Å²) in [6.45, 7) is 2.14. The molecule has 0 heterocycles. The molecule has 0 radical (unpaired) electrons. The number of rotatable bonds is 4. The van der Waals surface area contributed by atoms with Gasteiger partial charge in [-0.25, -0.2) is 0 Å². The maximum atomic E-state index is 5.94. The number of halogens is 1. The quantitative estimate of drug-likeness (QED) is 0.346. The summed E-state index contributed by atoms with van der Waals surface area (Å²) in [5.41, 5.74) is 3.60. The Labute approximate surface area is 187 Å². The minimum atomic E-state index is 0.740. The summed E-state index contributed by atoms with van der Waals surface area (Å²) in [5, 5.41) is 0.752. The molecule has 4 atom stereocenters. The highest BCUT2D eigenvalue weighted by Crippen LogP contribution is 2.48. The Morgan fingerprint density at radius 3 is 2.17 bits per heavy atom. The fourth-order valence-corrected chi connectivity index (χ4v) is 5.69. The van der Waals surface area contributed by atoms with Crippen LogP contribution in [0.2, 0.25) is 5.02 Å². The van der Waals surface area contributed by atoms with Crippen LogP contribution in [0.15, 0.2) is 60.7 Å². The van der Waals surface area contributed by atoms with Crippen LogP contribution in [0.25, 0.3) is 0 Å². The predicted molar refractivity (Wildman–Crippen MR) is 129 cm³/mol. The largest absolute Gasteiger partial charge is 0.0917 e. The molecule has 0 nitrogen and oxygen atoms in total. The highest BCUT2D eigenvalue weighted by molar-refractivity contribution is 6.30. The fraction of sp³-hybridized carbons (Fsp3) is 0.448. The van der Waals surface area contributed by atoms with Crippen LogP contribution in [0.4, 0.5) is 0 Å². The summed E-state index contributed by atoms with van der Waals surface area (Å²) in [7, 11) is 0. The second-order valence-electron chi connectivity index (χ2n) is 9.23. The Morgan fingerprint density at radius 2 is 1.47 bits per heavy atom. The van der Waals surface area contributed by atoms with E-state index in [1.54, 1.807) is 0 Å². The van der Waals surface area contributed by atoms with Crippen molar-refractivity contribution in [3.8, 4) is 11.8 Å². The molecule has 1 heteroatoms. The molecule has 2 aromatic rings. The van der Waals surface area contributed by atoms with Crippen molar-refractivity contribution in [2.24, 2.45) is 17.8 Å². The van der Waals surface area contributed by atoms with E-state index in [0.717, 1.165) is 39.8 Å². The third-order valence-electron chi connectivity index (χ3n) is 7.28. The number of hydrogen-bond acceptors (Lipinski definition) is 0. The second kappa shape index (κ2) is 10.4. The third-order valence-corrected chi connectivity index (χ3v) is 7.53. The van der Waals surface area contributed by atoms with E-state index >= 15 is 0 Å². The van der Waals surface area contributed by atoms with Gasteiger partial charge in [0, 0.05) is 16.1 Å². The molecule has 0 amide bonds. The van der Waals surface area contributed by atoms with Gasteiger partial charge in [-0.2, -0.15) is 0 Å². The van der Waals surface area contributed by atoms with Crippen LogP contribution in [0, 0.1) is 29.6 Å². The summed E-state index contributed by atoms with van der Waals surface area (Å²) < 4.78 is 0. The van der Waals surface area contributed by atoms with Gasteiger partial charge in [-0.3, -0.25) is 0 Å². The van der Waals surface area contributed by atoms with Crippen molar-refractivity contribution in [3.63, 3.8) is 0 Å². The Kier molecular flexibility index (Phi) is 7.35. The maximum absolute atomic E-state index is 5.94. The molecule has 0 aliphatic heterocycles. The van der Waals surface area contributed by atoms with Crippen molar-refractivity contribution in [1.29, 1.82) is 0 Å². The third kappa shape index (κ3) is 5.59. The average Bonchev–Trinajstić information content (AvgIpc) is 2.79. The van der Waals surface area contributed by atoms with Crippen LogP contribution in [-0.2, 0) is 0 Å². The van der Waals surface area contributed by atoms with Gasteiger partial charge in [0.1, 0.15) is 0 Å². The molecule has 2 fully saturated rings. The van der Waals surface area contributed by atoms with E-state index in [-0.39, 0.29) is 0 Å². The van der Waals surface area contributed by atoms with Gasteiger partial charge in [0.15, 0.2) is 0 Å². The molecular formula is C29H33Cl. The first-order valence-corrected chi connectivity index (χ1v) is 12.1. The van der Waals surface area contributed by atoms with Crippen LogP contribution < -0.4 is 0 Å². The Balaban J connectivity index is 1.32. The van der Waals surface area contributed by atoms with Gasteiger partial charge < -0.3 is 0 Å². The van der Waals surface area contributed by atoms with E-state index in [2.05, 4.69) is 55.2 Å². The van der Waals surface area contributed by atoms with Gasteiger partial charge in [-0.1, -0.05) is 54.1 Å². The molecule has 4 unspecified atom stereocenters. The SMILES string of the molecule is C/C=C/CCC1CCC2CC(c3ccc(C#Cc4ccc(Cl)cc4)cc3)CCC2C1. The lowest BCUT2D eigenvalue weighted by molar-refractivity contribution is 0.115. The van der Waals surface area contributed by atoms with E-state index in [4.69, 9.17) is 11.6 Å². The molecule has 2 aromatic carbocycles. The Morgan fingerprint density at radius 1 is 0.833 bits per heavy atom. The van der Waals surface area contributed by atoms with Gasteiger partial charge in [-0.15, -0.1) is 0 Å². The molecule has 0 N–H and O–H groups in total. The highest BCUT2D eigenvalue weighted by atomic mass is 35.5. The number of allylic oxidation sites excluding steroid dienone is 2. The van der Waals surface area contributed by atoms with Crippen LogP contribution in [0.5, 0.6) is 0 Å². The molecule has 0 aromatic heterocycles. The standard InChI is InChI=1S/C29H33Cl/c1-2-3-4-5-24-10-15-28-21-27(17-16-26(28)20-24)25-13-8-22(9-14-25)6-7-23-11-18-29(30)19-12-23/h2-3,8-9,11-14,18-19,24,26-28H,4-5,10,15-17,20-21H2,1H3/b3-2+. The number of hydrogen-bond donors (Lipinski definition) is 0. The minimum Gasteiger partial charge on any atom is -0.0917 e. The summed E-state index contributed by atoms with van der Waals surface area (Å²) in [5.74, 6) is 10.2. The molecule has 30 heavy (non-hydrogen) atoms. The van der Waals surface area contributed by atoms with Crippen molar-refractivity contribution in [1.82, 2.24) is 0 Å².